The van der Waals surface area contributed by atoms with E-state index in [-0.39, 0.29) is 11.2 Å². The second kappa shape index (κ2) is 18.2. The van der Waals surface area contributed by atoms with Crippen molar-refractivity contribution in [3.05, 3.63) is 0 Å². The number of aliphatic hydroxyl groups is 3. The number of amides is 1. The molecule has 0 aromatic carbocycles. The fourth-order valence-corrected chi connectivity index (χ4v) is 3.28. The maximum atomic E-state index is 11.3. The molecule has 0 saturated heterocycles. The largest absolute Gasteiger partial charge is 0.394 e. The van der Waals surface area contributed by atoms with Gasteiger partial charge in [0.15, 0.2) is 0 Å². The standard InChI is InChI=1S/C20H40BrNO4/c1-2-3-4-5-6-7-8-9-10-11-12-13-14-18(24)20(26)17(16-23)22-19(25)15-21/h17-18,20,23-24,26H,2-16H2,1H3,(H,22,25)/t17-,18-,20+/m1/s1. The van der Waals surface area contributed by atoms with Gasteiger partial charge in [0.1, 0.15) is 6.10 Å². The second-order valence-electron chi connectivity index (χ2n) is 7.23. The van der Waals surface area contributed by atoms with E-state index in [2.05, 4.69) is 28.2 Å². The molecule has 0 aromatic heterocycles. The lowest BCUT2D eigenvalue weighted by Crippen LogP contribution is -2.51. The highest BCUT2D eigenvalue weighted by Gasteiger charge is 2.26. The molecule has 156 valence electrons. The van der Waals surface area contributed by atoms with E-state index >= 15 is 0 Å². The van der Waals surface area contributed by atoms with Crippen LogP contribution in [0.5, 0.6) is 0 Å². The molecule has 0 spiro atoms. The molecule has 0 unspecified atom stereocenters. The van der Waals surface area contributed by atoms with Crippen molar-refractivity contribution in [3.63, 3.8) is 0 Å². The molecule has 6 heteroatoms. The fraction of sp³-hybridized carbons (Fsp3) is 0.950. The quantitative estimate of drug-likeness (QED) is 0.194. The number of alkyl halides is 1. The van der Waals surface area contributed by atoms with Gasteiger partial charge in [0.05, 0.1) is 24.1 Å². The van der Waals surface area contributed by atoms with E-state index in [0.717, 1.165) is 19.3 Å². The molecule has 0 aliphatic heterocycles. The summed E-state index contributed by atoms with van der Waals surface area (Å²) in [6.45, 7) is 1.85. The lowest BCUT2D eigenvalue weighted by atomic mass is 9.99. The molecule has 1 amide bonds. The van der Waals surface area contributed by atoms with E-state index < -0.39 is 24.9 Å². The van der Waals surface area contributed by atoms with Crippen LogP contribution < -0.4 is 5.32 Å². The van der Waals surface area contributed by atoms with Gasteiger partial charge in [-0.2, -0.15) is 0 Å². The van der Waals surface area contributed by atoms with Crippen LogP contribution in [0, 0.1) is 0 Å². The van der Waals surface area contributed by atoms with Crippen molar-refractivity contribution in [1.82, 2.24) is 5.32 Å². The number of aliphatic hydroxyl groups excluding tert-OH is 3. The summed E-state index contributed by atoms with van der Waals surface area (Å²) in [6, 6.07) is -0.827. The third-order valence-electron chi connectivity index (χ3n) is 4.82. The van der Waals surface area contributed by atoms with Crippen molar-refractivity contribution in [2.75, 3.05) is 11.9 Å². The molecule has 0 radical (unpaired) electrons. The Morgan fingerprint density at radius 1 is 0.885 bits per heavy atom. The Morgan fingerprint density at radius 2 is 1.35 bits per heavy atom. The van der Waals surface area contributed by atoms with E-state index in [9.17, 15) is 20.1 Å². The van der Waals surface area contributed by atoms with Crippen LogP contribution in [-0.2, 0) is 4.79 Å². The van der Waals surface area contributed by atoms with E-state index in [1.54, 1.807) is 0 Å². The van der Waals surface area contributed by atoms with Crippen LogP contribution in [0.15, 0.2) is 0 Å². The van der Waals surface area contributed by atoms with Gasteiger partial charge >= 0.3 is 0 Å². The van der Waals surface area contributed by atoms with Crippen molar-refractivity contribution in [3.8, 4) is 0 Å². The Hall–Kier alpha value is -0.170. The minimum Gasteiger partial charge on any atom is -0.394 e. The average molecular weight is 438 g/mol. The van der Waals surface area contributed by atoms with Gasteiger partial charge in [0, 0.05) is 0 Å². The Morgan fingerprint density at radius 3 is 1.77 bits per heavy atom. The third-order valence-corrected chi connectivity index (χ3v) is 5.33. The summed E-state index contributed by atoms with van der Waals surface area (Å²) < 4.78 is 0. The van der Waals surface area contributed by atoms with Gasteiger partial charge in [-0.05, 0) is 6.42 Å². The van der Waals surface area contributed by atoms with Crippen LogP contribution in [0.3, 0.4) is 0 Å². The first-order chi connectivity index (χ1) is 12.6. The molecule has 0 aromatic rings. The molecule has 0 fully saturated rings. The van der Waals surface area contributed by atoms with E-state index in [0.29, 0.717) is 6.42 Å². The molecule has 0 aliphatic rings. The zero-order valence-corrected chi connectivity index (χ0v) is 18.1. The molecule has 3 atom stereocenters. The second-order valence-corrected chi connectivity index (χ2v) is 7.79. The van der Waals surface area contributed by atoms with Crippen molar-refractivity contribution < 1.29 is 20.1 Å². The van der Waals surface area contributed by atoms with Gasteiger partial charge in [-0.15, -0.1) is 0 Å². The lowest BCUT2D eigenvalue weighted by Gasteiger charge is -2.26. The Balaban J connectivity index is 3.60. The zero-order valence-electron chi connectivity index (χ0n) is 16.5. The third kappa shape index (κ3) is 14.0. The normalized spacial score (nSPS) is 14.8. The Bertz CT molecular complexity index is 331. The average Bonchev–Trinajstić information content (AvgIpc) is 2.65. The predicted octanol–water partition coefficient (Wildman–Crippen LogP) is 3.67. The fourth-order valence-electron chi connectivity index (χ4n) is 3.12. The van der Waals surface area contributed by atoms with Gasteiger partial charge in [-0.25, -0.2) is 0 Å². The molecule has 0 rings (SSSR count). The number of nitrogens with one attached hydrogen (secondary N) is 1. The number of carbonyl (C=O) groups excluding carboxylic acids is 1. The van der Waals surface area contributed by atoms with Crippen LogP contribution in [0.2, 0.25) is 0 Å². The molecular formula is C20H40BrNO4. The summed E-state index contributed by atoms with van der Waals surface area (Å²) >= 11 is 3.02. The maximum absolute atomic E-state index is 11.3. The highest BCUT2D eigenvalue weighted by molar-refractivity contribution is 9.09. The predicted molar refractivity (Wildman–Crippen MR) is 111 cm³/mol. The summed E-state index contributed by atoms with van der Waals surface area (Å²) in [4.78, 5) is 11.3. The summed E-state index contributed by atoms with van der Waals surface area (Å²) in [5.41, 5.74) is 0. The van der Waals surface area contributed by atoms with Gasteiger partial charge in [0.25, 0.3) is 0 Å². The number of carbonyl (C=O) groups is 1. The molecule has 0 bridgehead atoms. The van der Waals surface area contributed by atoms with Crippen LogP contribution in [0.25, 0.3) is 0 Å². The minimum absolute atomic E-state index is 0.102. The number of hydrogen-bond acceptors (Lipinski definition) is 4. The highest BCUT2D eigenvalue weighted by atomic mass is 79.9. The van der Waals surface area contributed by atoms with E-state index in [1.165, 1.54) is 57.8 Å². The van der Waals surface area contributed by atoms with Crippen molar-refractivity contribution >= 4 is 21.8 Å². The zero-order chi connectivity index (χ0) is 19.6. The van der Waals surface area contributed by atoms with Crippen LogP contribution in [-0.4, -0.2) is 51.4 Å². The summed E-state index contributed by atoms with van der Waals surface area (Å²) in [6.07, 6.45) is 13.4. The minimum atomic E-state index is -1.14. The lowest BCUT2D eigenvalue weighted by molar-refractivity contribution is -0.121. The van der Waals surface area contributed by atoms with Gasteiger partial charge in [0.2, 0.25) is 5.91 Å². The SMILES string of the molecule is CCCCCCCCCCCCCC[C@@H](O)[C@@H](O)[C@@H](CO)NC(=O)CBr. The molecule has 0 saturated carbocycles. The summed E-state index contributed by atoms with van der Waals surface area (Å²) in [5.74, 6) is -0.319. The topological polar surface area (TPSA) is 89.8 Å². The van der Waals surface area contributed by atoms with Gasteiger partial charge in [-0.1, -0.05) is 99.9 Å². The monoisotopic (exact) mass is 437 g/mol. The molecule has 0 heterocycles. The maximum Gasteiger partial charge on any atom is 0.231 e. The first kappa shape index (κ1) is 25.8. The molecule has 0 aliphatic carbocycles. The van der Waals surface area contributed by atoms with Crippen molar-refractivity contribution in [2.45, 2.75) is 109 Å². The highest BCUT2D eigenvalue weighted by Crippen LogP contribution is 2.14. The molecule has 4 N–H and O–H groups in total. The summed E-state index contributed by atoms with van der Waals surface area (Å²) in [7, 11) is 0. The smallest absolute Gasteiger partial charge is 0.231 e. The van der Waals surface area contributed by atoms with Crippen LogP contribution >= 0.6 is 15.9 Å². The number of halogens is 1. The van der Waals surface area contributed by atoms with Gasteiger partial charge in [-0.3, -0.25) is 4.79 Å². The van der Waals surface area contributed by atoms with Gasteiger partial charge < -0.3 is 20.6 Å². The first-order valence-corrected chi connectivity index (χ1v) is 11.5. The Labute approximate surface area is 168 Å². The number of rotatable bonds is 18. The van der Waals surface area contributed by atoms with Crippen LogP contribution in [0.4, 0.5) is 0 Å². The first-order valence-electron chi connectivity index (χ1n) is 10.4. The molecule has 5 nitrogen and oxygen atoms in total. The Kier molecular flexibility index (Phi) is 18.1. The molecule has 26 heavy (non-hydrogen) atoms. The van der Waals surface area contributed by atoms with E-state index in [1.807, 2.05) is 0 Å². The molecular weight excluding hydrogens is 398 g/mol. The summed E-state index contributed by atoms with van der Waals surface area (Å²) in [5, 5.41) is 32.0. The van der Waals surface area contributed by atoms with Crippen molar-refractivity contribution in [2.24, 2.45) is 0 Å². The van der Waals surface area contributed by atoms with Crippen molar-refractivity contribution in [1.29, 1.82) is 0 Å². The number of hydrogen-bond donors (Lipinski definition) is 4. The van der Waals surface area contributed by atoms with Crippen LogP contribution in [0.1, 0.15) is 90.4 Å². The number of unbranched alkanes of at least 4 members (excludes halogenated alkanes) is 11. The van der Waals surface area contributed by atoms with E-state index in [4.69, 9.17) is 0 Å².